The van der Waals surface area contributed by atoms with Crippen LogP contribution in [0.4, 0.5) is 11.4 Å². The predicted molar refractivity (Wildman–Crippen MR) is 101 cm³/mol. The van der Waals surface area contributed by atoms with E-state index in [0.29, 0.717) is 29.9 Å². The quantitative estimate of drug-likeness (QED) is 0.855. The van der Waals surface area contributed by atoms with E-state index < -0.39 is 10.0 Å². The zero-order valence-corrected chi connectivity index (χ0v) is 14.8. The Morgan fingerprint density at radius 3 is 2.36 bits per heavy atom. The van der Waals surface area contributed by atoms with Gasteiger partial charge < -0.3 is 5.32 Å². The molecule has 0 bridgehead atoms. The summed E-state index contributed by atoms with van der Waals surface area (Å²) in [6.07, 6.45) is 2.46. The fraction of sp³-hybridized carbons (Fsp3) is 0.211. The molecule has 1 heterocycles. The highest BCUT2D eigenvalue weighted by molar-refractivity contribution is 7.93. The van der Waals surface area contributed by atoms with Crippen molar-refractivity contribution in [1.29, 1.82) is 0 Å². The van der Waals surface area contributed by atoms with Crippen LogP contribution in [0.5, 0.6) is 0 Å². The van der Waals surface area contributed by atoms with Crippen molar-refractivity contribution in [2.24, 2.45) is 0 Å². The molecule has 1 amide bonds. The van der Waals surface area contributed by atoms with Crippen molar-refractivity contribution >= 4 is 33.4 Å². The molecule has 6 heteroatoms. The molecule has 0 aliphatic carbocycles. The third-order valence-corrected chi connectivity index (χ3v) is 5.92. The normalized spacial score (nSPS) is 16.7. The Balaban J connectivity index is 1.69. The van der Waals surface area contributed by atoms with Crippen molar-refractivity contribution in [1.82, 2.24) is 0 Å². The minimum atomic E-state index is -3.19. The van der Waals surface area contributed by atoms with E-state index >= 15 is 0 Å². The van der Waals surface area contributed by atoms with Gasteiger partial charge in [0.05, 0.1) is 11.4 Å². The molecule has 1 aliphatic heterocycles. The number of carbonyl (C=O) groups excluding carboxylic acids is 1. The molecule has 0 radical (unpaired) electrons. The Bertz CT molecular complexity index is 888. The van der Waals surface area contributed by atoms with Gasteiger partial charge in [-0.25, -0.2) is 8.42 Å². The largest absolute Gasteiger partial charge is 0.322 e. The molecule has 0 saturated carbocycles. The highest BCUT2D eigenvalue weighted by atomic mass is 32.2. The first-order chi connectivity index (χ1) is 12.0. The molecule has 25 heavy (non-hydrogen) atoms. The molecule has 0 unspecified atom stereocenters. The van der Waals surface area contributed by atoms with Crippen LogP contribution in [0.15, 0.2) is 60.2 Å². The van der Waals surface area contributed by atoms with E-state index in [-0.39, 0.29) is 11.7 Å². The Morgan fingerprint density at radius 1 is 1.08 bits per heavy atom. The second kappa shape index (κ2) is 7.11. The summed E-state index contributed by atoms with van der Waals surface area (Å²) in [6, 6.07) is 16.5. The smallest absolute Gasteiger partial charge is 0.251 e. The molecule has 1 aliphatic rings. The van der Waals surface area contributed by atoms with Crippen molar-refractivity contribution in [3.05, 3.63) is 65.7 Å². The summed E-state index contributed by atoms with van der Waals surface area (Å²) in [5.74, 6) is 0.0000000431. The highest BCUT2D eigenvalue weighted by Crippen LogP contribution is 2.25. The van der Waals surface area contributed by atoms with E-state index in [9.17, 15) is 13.2 Å². The van der Waals surface area contributed by atoms with Crippen LogP contribution in [0.25, 0.3) is 6.08 Å². The number of nitrogens with zero attached hydrogens (tertiary/aromatic N) is 1. The minimum absolute atomic E-state index is 0.189. The average Bonchev–Trinajstić information content (AvgIpc) is 2.95. The van der Waals surface area contributed by atoms with Crippen LogP contribution in [0.1, 0.15) is 18.9 Å². The van der Waals surface area contributed by atoms with Crippen molar-refractivity contribution in [2.45, 2.75) is 13.3 Å². The number of rotatable bonds is 4. The lowest BCUT2D eigenvalue weighted by atomic mass is 10.1. The third kappa shape index (κ3) is 4.09. The average molecular weight is 356 g/mol. The number of hydrogen-bond donors (Lipinski definition) is 1. The van der Waals surface area contributed by atoms with Crippen LogP contribution in [0, 0.1) is 0 Å². The monoisotopic (exact) mass is 356 g/mol. The number of carbonyl (C=O) groups is 1. The van der Waals surface area contributed by atoms with Gasteiger partial charge in [0, 0.05) is 17.8 Å². The SMILES string of the molecule is C/C(=C\c1ccccc1)C(=O)Nc1ccc(N2CCCS2(=O)=O)cc1. The number of hydrogen-bond acceptors (Lipinski definition) is 3. The van der Waals surface area contributed by atoms with E-state index in [4.69, 9.17) is 0 Å². The van der Waals surface area contributed by atoms with Gasteiger partial charge in [0.2, 0.25) is 10.0 Å². The summed E-state index contributed by atoms with van der Waals surface area (Å²) in [4.78, 5) is 12.3. The van der Waals surface area contributed by atoms with Gasteiger partial charge in [-0.15, -0.1) is 0 Å². The molecule has 0 spiro atoms. The zero-order chi connectivity index (χ0) is 17.9. The van der Waals surface area contributed by atoms with Crippen LogP contribution >= 0.6 is 0 Å². The standard InChI is InChI=1S/C19H20N2O3S/c1-15(14-16-6-3-2-4-7-16)19(22)20-17-8-10-18(11-9-17)21-12-5-13-25(21,23)24/h2-4,6-11,14H,5,12-13H2,1H3,(H,20,22)/b15-14+. The third-order valence-electron chi connectivity index (χ3n) is 4.05. The van der Waals surface area contributed by atoms with Gasteiger partial charge in [-0.1, -0.05) is 30.3 Å². The Labute approximate surface area is 148 Å². The van der Waals surface area contributed by atoms with Gasteiger partial charge in [-0.3, -0.25) is 9.10 Å². The van der Waals surface area contributed by atoms with Crippen molar-refractivity contribution in [3.8, 4) is 0 Å². The fourth-order valence-electron chi connectivity index (χ4n) is 2.74. The van der Waals surface area contributed by atoms with Crippen LogP contribution in [-0.2, 0) is 14.8 Å². The molecule has 0 atom stereocenters. The maximum Gasteiger partial charge on any atom is 0.251 e. The molecule has 2 aromatic carbocycles. The van der Waals surface area contributed by atoms with Gasteiger partial charge in [0.25, 0.3) is 5.91 Å². The minimum Gasteiger partial charge on any atom is -0.322 e. The van der Waals surface area contributed by atoms with Crippen LogP contribution < -0.4 is 9.62 Å². The topological polar surface area (TPSA) is 66.5 Å². The summed E-state index contributed by atoms with van der Waals surface area (Å²) < 4.78 is 25.3. The maximum atomic E-state index is 12.3. The number of anilines is 2. The highest BCUT2D eigenvalue weighted by Gasteiger charge is 2.28. The van der Waals surface area contributed by atoms with E-state index in [2.05, 4.69) is 5.32 Å². The first-order valence-corrected chi connectivity index (χ1v) is 9.72. The first kappa shape index (κ1) is 17.2. The first-order valence-electron chi connectivity index (χ1n) is 8.11. The molecule has 0 aromatic heterocycles. The number of benzene rings is 2. The Morgan fingerprint density at radius 2 is 1.76 bits per heavy atom. The van der Waals surface area contributed by atoms with Gasteiger partial charge in [0.15, 0.2) is 0 Å². The molecule has 5 nitrogen and oxygen atoms in total. The molecule has 1 saturated heterocycles. The molecule has 1 fully saturated rings. The number of amides is 1. The molecular weight excluding hydrogens is 336 g/mol. The van der Waals surface area contributed by atoms with Gasteiger partial charge in [-0.2, -0.15) is 0 Å². The maximum absolute atomic E-state index is 12.3. The molecular formula is C19H20N2O3S. The summed E-state index contributed by atoms with van der Waals surface area (Å²) in [5.41, 5.74) is 2.82. The number of sulfonamides is 1. The van der Waals surface area contributed by atoms with Crippen molar-refractivity contribution in [3.63, 3.8) is 0 Å². The van der Waals surface area contributed by atoms with E-state index in [1.165, 1.54) is 4.31 Å². The van der Waals surface area contributed by atoms with E-state index in [1.807, 2.05) is 36.4 Å². The lowest BCUT2D eigenvalue weighted by Gasteiger charge is -2.17. The van der Waals surface area contributed by atoms with Crippen LogP contribution in [0.2, 0.25) is 0 Å². The van der Waals surface area contributed by atoms with Gasteiger partial charge in [0.1, 0.15) is 0 Å². The molecule has 3 rings (SSSR count). The summed E-state index contributed by atoms with van der Waals surface area (Å²) in [6.45, 7) is 2.26. The van der Waals surface area contributed by atoms with Crippen LogP contribution in [-0.4, -0.2) is 26.6 Å². The molecule has 1 N–H and O–H groups in total. The van der Waals surface area contributed by atoms with Gasteiger partial charge >= 0.3 is 0 Å². The predicted octanol–water partition coefficient (Wildman–Crippen LogP) is 3.27. The van der Waals surface area contributed by atoms with E-state index in [1.54, 1.807) is 31.2 Å². The Kier molecular flexibility index (Phi) is 4.90. The van der Waals surface area contributed by atoms with Crippen molar-refractivity contribution in [2.75, 3.05) is 21.9 Å². The van der Waals surface area contributed by atoms with E-state index in [0.717, 1.165) is 5.56 Å². The second-order valence-electron chi connectivity index (χ2n) is 5.98. The summed E-state index contributed by atoms with van der Waals surface area (Å²) in [7, 11) is -3.19. The van der Waals surface area contributed by atoms with Crippen LogP contribution in [0.3, 0.4) is 0 Å². The summed E-state index contributed by atoms with van der Waals surface area (Å²) >= 11 is 0. The zero-order valence-electron chi connectivity index (χ0n) is 14.0. The lowest BCUT2D eigenvalue weighted by Crippen LogP contribution is -2.25. The fourth-order valence-corrected chi connectivity index (χ4v) is 4.30. The molecule has 2 aromatic rings. The lowest BCUT2D eigenvalue weighted by molar-refractivity contribution is -0.112. The number of nitrogens with one attached hydrogen (secondary N) is 1. The summed E-state index contributed by atoms with van der Waals surface area (Å²) in [5, 5.41) is 2.83. The second-order valence-corrected chi connectivity index (χ2v) is 7.99. The molecule has 130 valence electrons. The van der Waals surface area contributed by atoms with Crippen molar-refractivity contribution < 1.29 is 13.2 Å². The van der Waals surface area contributed by atoms with Gasteiger partial charge in [-0.05, 0) is 49.2 Å². The Hall–Kier alpha value is -2.60.